The van der Waals surface area contributed by atoms with Crippen molar-refractivity contribution in [3.05, 3.63) is 94.6 Å². The fourth-order valence-electron chi connectivity index (χ4n) is 4.66. The molecule has 4 rings (SSSR count). The highest BCUT2D eigenvalue weighted by Crippen LogP contribution is 2.31. The number of aryl methyl sites for hydroxylation is 1. The van der Waals surface area contributed by atoms with E-state index in [1.54, 1.807) is 18.2 Å². The highest BCUT2D eigenvalue weighted by molar-refractivity contribution is 5.98. The average molecular weight is 567 g/mol. The van der Waals surface area contributed by atoms with Crippen LogP contribution in [0.4, 0.5) is 8.78 Å². The number of fused-ring (bicyclic) bond motifs is 1. The van der Waals surface area contributed by atoms with E-state index in [1.807, 2.05) is 12.1 Å². The highest BCUT2D eigenvalue weighted by atomic mass is 19.1. The standard InChI is InChI=1S/C32H36F2N2O5/c1-2-21-5-3-6-22(13-21)19-36-20-31(27(35)16-23-14-25(33)18-26(34)15-23)41-32(38)10-8-28(37)24-7-9-29-30(17-24)40-12-4-11-39-29/h3,5-7,9,13-15,17-18,27,31,36H,2,4,8,10-12,16,19-20,35H2,1H3/t27-,31+/m0/s1. The Bertz CT molecular complexity index is 1330. The number of nitrogens with two attached hydrogens (primary N) is 1. The number of ketones is 1. The lowest BCUT2D eigenvalue weighted by Gasteiger charge is -2.25. The zero-order valence-electron chi connectivity index (χ0n) is 23.2. The Kier molecular flexibility index (Phi) is 10.8. The summed E-state index contributed by atoms with van der Waals surface area (Å²) in [5.74, 6) is -1.14. The first kappa shape index (κ1) is 30.1. The van der Waals surface area contributed by atoms with Gasteiger partial charge in [0.2, 0.25) is 0 Å². The van der Waals surface area contributed by atoms with Gasteiger partial charge in [-0.25, -0.2) is 8.78 Å². The van der Waals surface area contributed by atoms with Gasteiger partial charge in [-0.15, -0.1) is 0 Å². The molecule has 0 saturated carbocycles. The van der Waals surface area contributed by atoms with Gasteiger partial charge in [-0.3, -0.25) is 9.59 Å². The normalized spacial score (nSPS) is 14.1. The average Bonchev–Trinajstić information content (AvgIpc) is 3.20. The Hall–Kier alpha value is -3.82. The van der Waals surface area contributed by atoms with Gasteiger partial charge in [0.05, 0.1) is 19.6 Å². The molecule has 1 aliphatic rings. The van der Waals surface area contributed by atoms with Gasteiger partial charge in [0, 0.05) is 43.6 Å². The van der Waals surface area contributed by atoms with Crippen molar-refractivity contribution in [1.82, 2.24) is 5.32 Å². The summed E-state index contributed by atoms with van der Waals surface area (Å²) in [5, 5.41) is 3.27. The van der Waals surface area contributed by atoms with Crippen molar-refractivity contribution >= 4 is 11.8 Å². The Morgan fingerprint density at radius 2 is 1.66 bits per heavy atom. The van der Waals surface area contributed by atoms with E-state index in [2.05, 4.69) is 24.4 Å². The molecule has 3 aromatic carbocycles. The molecule has 0 spiro atoms. The molecule has 1 heterocycles. The van der Waals surface area contributed by atoms with Crippen LogP contribution in [0.2, 0.25) is 0 Å². The lowest BCUT2D eigenvalue weighted by Crippen LogP contribution is -2.46. The van der Waals surface area contributed by atoms with E-state index in [0.29, 0.717) is 42.4 Å². The maximum Gasteiger partial charge on any atom is 0.306 e. The summed E-state index contributed by atoms with van der Waals surface area (Å²) >= 11 is 0. The summed E-state index contributed by atoms with van der Waals surface area (Å²) in [4.78, 5) is 25.6. The molecule has 0 aliphatic carbocycles. The van der Waals surface area contributed by atoms with Gasteiger partial charge in [0.25, 0.3) is 0 Å². The molecule has 3 N–H and O–H groups in total. The van der Waals surface area contributed by atoms with Crippen molar-refractivity contribution in [3.8, 4) is 11.5 Å². The fraction of sp³-hybridized carbons (Fsp3) is 0.375. The van der Waals surface area contributed by atoms with Gasteiger partial charge in [0.1, 0.15) is 17.7 Å². The number of ether oxygens (including phenoxy) is 3. The predicted molar refractivity (Wildman–Crippen MR) is 151 cm³/mol. The van der Waals surface area contributed by atoms with Crippen LogP contribution < -0.4 is 20.5 Å². The van der Waals surface area contributed by atoms with Crippen molar-refractivity contribution in [2.45, 2.75) is 57.7 Å². The van der Waals surface area contributed by atoms with E-state index in [-0.39, 0.29) is 31.6 Å². The topological polar surface area (TPSA) is 99.9 Å². The van der Waals surface area contributed by atoms with Crippen LogP contribution in [0.3, 0.4) is 0 Å². The summed E-state index contributed by atoms with van der Waals surface area (Å²) in [5.41, 5.74) is 9.44. The third-order valence-corrected chi connectivity index (χ3v) is 6.85. The fourth-order valence-corrected chi connectivity index (χ4v) is 4.66. The van der Waals surface area contributed by atoms with Gasteiger partial charge in [0.15, 0.2) is 17.3 Å². The molecule has 7 nitrogen and oxygen atoms in total. The Labute approximate surface area is 239 Å². The second kappa shape index (κ2) is 14.7. The summed E-state index contributed by atoms with van der Waals surface area (Å²) in [6.07, 6.45) is 0.748. The number of Topliss-reactive ketones (excluding diaryl/α,β-unsaturated/α-hetero) is 1. The summed E-state index contributed by atoms with van der Waals surface area (Å²) in [6, 6.07) is 15.6. The van der Waals surface area contributed by atoms with Crippen LogP contribution in [0.15, 0.2) is 60.7 Å². The maximum atomic E-state index is 13.7. The summed E-state index contributed by atoms with van der Waals surface area (Å²) < 4.78 is 44.5. The number of esters is 1. The minimum atomic E-state index is -0.795. The van der Waals surface area contributed by atoms with Crippen LogP contribution in [-0.2, 0) is 28.9 Å². The van der Waals surface area contributed by atoms with E-state index >= 15 is 0 Å². The van der Waals surface area contributed by atoms with Crippen molar-refractivity contribution in [1.29, 1.82) is 0 Å². The molecule has 3 aromatic rings. The van der Waals surface area contributed by atoms with E-state index in [9.17, 15) is 18.4 Å². The molecule has 2 atom stereocenters. The molecule has 0 aromatic heterocycles. The quantitative estimate of drug-likeness (QED) is 0.224. The number of benzene rings is 3. The number of carbonyl (C=O) groups is 2. The first-order valence-corrected chi connectivity index (χ1v) is 13.9. The van der Waals surface area contributed by atoms with Crippen molar-refractivity contribution in [2.24, 2.45) is 5.73 Å². The molecular formula is C32H36F2N2O5. The van der Waals surface area contributed by atoms with Crippen LogP contribution >= 0.6 is 0 Å². The van der Waals surface area contributed by atoms with Crippen LogP contribution in [0, 0.1) is 11.6 Å². The molecule has 0 bridgehead atoms. The molecule has 0 radical (unpaired) electrons. The van der Waals surface area contributed by atoms with Crippen LogP contribution in [0.1, 0.15) is 53.2 Å². The number of hydrogen-bond donors (Lipinski definition) is 2. The van der Waals surface area contributed by atoms with Gasteiger partial charge >= 0.3 is 5.97 Å². The number of hydrogen-bond acceptors (Lipinski definition) is 7. The molecule has 9 heteroatoms. The molecule has 0 saturated heterocycles. The van der Waals surface area contributed by atoms with Crippen molar-refractivity contribution in [3.63, 3.8) is 0 Å². The number of halogens is 2. The number of rotatable bonds is 13. The van der Waals surface area contributed by atoms with Crippen LogP contribution in [0.25, 0.3) is 0 Å². The first-order chi connectivity index (χ1) is 19.8. The maximum absolute atomic E-state index is 13.7. The Morgan fingerprint density at radius 1 is 0.927 bits per heavy atom. The van der Waals surface area contributed by atoms with E-state index < -0.39 is 29.7 Å². The van der Waals surface area contributed by atoms with E-state index in [4.69, 9.17) is 19.9 Å². The van der Waals surface area contributed by atoms with Crippen molar-refractivity contribution in [2.75, 3.05) is 19.8 Å². The zero-order chi connectivity index (χ0) is 29.2. The minimum Gasteiger partial charge on any atom is -0.490 e. The third kappa shape index (κ3) is 9.09. The zero-order valence-corrected chi connectivity index (χ0v) is 23.2. The van der Waals surface area contributed by atoms with Gasteiger partial charge in [-0.05, 0) is 59.9 Å². The second-order valence-corrected chi connectivity index (χ2v) is 10.1. The lowest BCUT2D eigenvalue weighted by atomic mass is 10.0. The Morgan fingerprint density at radius 3 is 2.41 bits per heavy atom. The number of nitrogens with one attached hydrogen (secondary N) is 1. The summed E-state index contributed by atoms with van der Waals surface area (Å²) in [7, 11) is 0. The second-order valence-electron chi connectivity index (χ2n) is 10.1. The monoisotopic (exact) mass is 566 g/mol. The molecule has 218 valence electrons. The van der Waals surface area contributed by atoms with Gasteiger partial charge in [-0.2, -0.15) is 0 Å². The molecule has 0 amide bonds. The molecular weight excluding hydrogens is 530 g/mol. The van der Waals surface area contributed by atoms with Crippen LogP contribution in [0.5, 0.6) is 11.5 Å². The molecule has 41 heavy (non-hydrogen) atoms. The SMILES string of the molecule is CCc1cccc(CNC[C@@H](OC(=O)CCC(=O)c2ccc3c(c2)OCCCO3)[C@@H](N)Cc2cc(F)cc(F)c2)c1. The first-order valence-electron chi connectivity index (χ1n) is 13.9. The van der Waals surface area contributed by atoms with Gasteiger partial charge in [-0.1, -0.05) is 31.2 Å². The lowest BCUT2D eigenvalue weighted by molar-refractivity contribution is -0.149. The molecule has 0 fully saturated rings. The Balaban J connectivity index is 1.37. The van der Waals surface area contributed by atoms with Crippen LogP contribution in [-0.4, -0.2) is 43.7 Å². The third-order valence-electron chi connectivity index (χ3n) is 6.85. The predicted octanol–water partition coefficient (Wildman–Crippen LogP) is 4.92. The van der Waals surface area contributed by atoms with Crippen molar-refractivity contribution < 1.29 is 32.6 Å². The van der Waals surface area contributed by atoms with E-state index in [1.165, 1.54) is 17.7 Å². The minimum absolute atomic E-state index is 0.0627. The molecule has 1 aliphatic heterocycles. The van der Waals surface area contributed by atoms with Gasteiger partial charge < -0.3 is 25.3 Å². The van der Waals surface area contributed by atoms with E-state index in [0.717, 1.165) is 24.5 Å². The molecule has 0 unspecified atom stereocenters. The highest BCUT2D eigenvalue weighted by Gasteiger charge is 2.24. The largest absolute Gasteiger partial charge is 0.490 e. The summed E-state index contributed by atoms with van der Waals surface area (Å²) in [6.45, 7) is 3.86. The number of carbonyl (C=O) groups excluding carboxylic acids is 2. The smallest absolute Gasteiger partial charge is 0.306 e.